The molecule has 0 unspecified atom stereocenters. The summed E-state index contributed by atoms with van der Waals surface area (Å²) in [5.41, 5.74) is 1.14. The smallest absolute Gasteiger partial charge is 0.266 e. The first-order valence-electron chi connectivity index (χ1n) is 4.75. The highest BCUT2D eigenvalue weighted by atomic mass is 79.9. The van der Waals surface area contributed by atoms with Crippen LogP contribution < -0.4 is 5.32 Å². The highest BCUT2D eigenvalue weighted by molar-refractivity contribution is 9.10. The molecular weight excluding hydrogens is 300 g/mol. The van der Waals surface area contributed by atoms with Crippen molar-refractivity contribution in [1.82, 2.24) is 0 Å². The highest BCUT2D eigenvalue weighted by Crippen LogP contribution is 2.23. The van der Waals surface area contributed by atoms with Crippen molar-refractivity contribution < 1.29 is 4.79 Å². The number of halogens is 1. The van der Waals surface area contributed by atoms with E-state index in [1.807, 2.05) is 17.5 Å². The molecule has 0 saturated carbocycles. The van der Waals surface area contributed by atoms with E-state index >= 15 is 0 Å². The SMILES string of the molecule is N#Cc1cccc(NC(=O)c2sccc2Br)c1. The summed E-state index contributed by atoms with van der Waals surface area (Å²) in [6, 6.07) is 10.7. The number of nitriles is 1. The van der Waals surface area contributed by atoms with Crippen LogP contribution in [0.4, 0.5) is 5.69 Å². The van der Waals surface area contributed by atoms with Crippen LogP contribution in [0, 0.1) is 11.3 Å². The number of hydrogen-bond acceptors (Lipinski definition) is 3. The predicted octanol–water partition coefficient (Wildman–Crippen LogP) is 3.63. The van der Waals surface area contributed by atoms with Gasteiger partial charge in [0.15, 0.2) is 0 Å². The molecule has 0 atom stereocenters. The van der Waals surface area contributed by atoms with Gasteiger partial charge >= 0.3 is 0 Å². The third-order valence-electron chi connectivity index (χ3n) is 2.07. The Morgan fingerprint density at radius 1 is 1.41 bits per heavy atom. The predicted molar refractivity (Wildman–Crippen MR) is 71.1 cm³/mol. The van der Waals surface area contributed by atoms with Gasteiger partial charge in [0, 0.05) is 10.2 Å². The lowest BCUT2D eigenvalue weighted by molar-refractivity contribution is 0.103. The molecule has 17 heavy (non-hydrogen) atoms. The lowest BCUT2D eigenvalue weighted by atomic mass is 10.2. The van der Waals surface area contributed by atoms with Gasteiger partial charge in [-0.1, -0.05) is 6.07 Å². The number of anilines is 1. The Bertz CT molecular complexity index is 601. The molecule has 1 N–H and O–H groups in total. The molecule has 2 rings (SSSR count). The van der Waals surface area contributed by atoms with Crippen molar-refractivity contribution in [3.05, 3.63) is 50.6 Å². The Labute approximate surface area is 111 Å². The van der Waals surface area contributed by atoms with E-state index in [9.17, 15) is 4.79 Å². The summed E-state index contributed by atoms with van der Waals surface area (Å²) in [7, 11) is 0. The second kappa shape index (κ2) is 5.13. The summed E-state index contributed by atoms with van der Waals surface area (Å²) in [5.74, 6) is -0.179. The van der Waals surface area contributed by atoms with Crippen molar-refractivity contribution >= 4 is 38.9 Å². The van der Waals surface area contributed by atoms with Crippen LogP contribution in [0.1, 0.15) is 15.2 Å². The lowest BCUT2D eigenvalue weighted by Gasteiger charge is -2.04. The van der Waals surface area contributed by atoms with E-state index < -0.39 is 0 Å². The van der Waals surface area contributed by atoms with Gasteiger partial charge in [0.1, 0.15) is 4.88 Å². The van der Waals surface area contributed by atoms with E-state index in [1.54, 1.807) is 24.3 Å². The van der Waals surface area contributed by atoms with Gasteiger partial charge in [-0.15, -0.1) is 11.3 Å². The molecule has 1 aromatic carbocycles. The zero-order valence-corrected chi connectivity index (χ0v) is 11.0. The van der Waals surface area contributed by atoms with Crippen molar-refractivity contribution in [2.24, 2.45) is 0 Å². The van der Waals surface area contributed by atoms with Crippen LogP contribution in [0.5, 0.6) is 0 Å². The maximum atomic E-state index is 11.9. The fourth-order valence-electron chi connectivity index (χ4n) is 1.31. The number of nitrogens with one attached hydrogen (secondary N) is 1. The Morgan fingerprint density at radius 2 is 2.24 bits per heavy atom. The highest BCUT2D eigenvalue weighted by Gasteiger charge is 2.11. The van der Waals surface area contributed by atoms with Gasteiger partial charge in [-0.05, 0) is 45.6 Å². The number of thiophene rings is 1. The Balaban J connectivity index is 2.19. The summed E-state index contributed by atoms with van der Waals surface area (Å²) >= 11 is 4.67. The van der Waals surface area contributed by atoms with Crippen LogP contribution in [0.2, 0.25) is 0 Å². The van der Waals surface area contributed by atoms with E-state index in [-0.39, 0.29) is 5.91 Å². The fraction of sp³-hybridized carbons (Fsp3) is 0. The molecule has 3 nitrogen and oxygen atoms in total. The second-order valence-electron chi connectivity index (χ2n) is 3.24. The first-order valence-corrected chi connectivity index (χ1v) is 6.42. The molecule has 1 amide bonds. The Hall–Kier alpha value is -1.64. The molecule has 84 valence electrons. The van der Waals surface area contributed by atoms with Gasteiger partial charge in [-0.25, -0.2) is 0 Å². The monoisotopic (exact) mass is 306 g/mol. The van der Waals surface area contributed by atoms with Crippen LogP contribution in [0.15, 0.2) is 40.2 Å². The van der Waals surface area contributed by atoms with E-state index in [0.29, 0.717) is 16.1 Å². The van der Waals surface area contributed by atoms with Gasteiger partial charge in [0.25, 0.3) is 5.91 Å². The fourth-order valence-corrected chi connectivity index (χ4v) is 2.76. The van der Waals surface area contributed by atoms with Crippen molar-refractivity contribution in [1.29, 1.82) is 5.26 Å². The maximum absolute atomic E-state index is 11.9. The van der Waals surface area contributed by atoms with E-state index in [1.165, 1.54) is 11.3 Å². The summed E-state index contributed by atoms with van der Waals surface area (Å²) in [6.07, 6.45) is 0. The minimum absolute atomic E-state index is 0.179. The Kier molecular flexibility index (Phi) is 3.57. The molecule has 1 heterocycles. The van der Waals surface area contributed by atoms with Gasteiger partial charge < -0.3 is 5.32 Å². The van der Waals surface area contributed by atoms with Crippen molar-refractivity contribution in [2.45, 2.75) is 0 Å². The van der Waals surface area contributed by atoms with Gasteiger partial charge in [-0.2, -0.15) is 5.26 Å². The topological polar surface area (TPSA) is 52.9 Å². The molecule has 0 fully saturated rings. The second-order valence-corrected chi connectivity index (χ2v) is 5.01. The minimum atomic E-state index is -0.179. The van der Waals surface area contributed by atoms with E-state index in [4.69, 9.17) is 5.26 Å². The Morgan fingerprint density at radius 3 is 2.88 bits per heavy atom. The average molecular weight is 307 g/mol. The number of nitrogens with zero attached hydrogens (tertiary/aromatic N) is 1. The first kappa shape index (κ1) is 11.8. The van der Waals surface area contributed by atoms with Crippen molar-refractivity contribution in [3.8, 4) is 6.07 Å². The van der Waals surface area contributed by atoms with Crippen LogP contribution in [0.25, 0.3) is 0 Å². The van der Waals surface area contributed by atoms with Crippen molar-refractivity contribution in [3.63, 3.8) is 0 Å². The van der Waals surface area contributed by atoms with E-state index in [2.05, 4.69) is 21.2 Å². The third kappa shape index (κ3) is 2.73. The van der Waals surface area contributed by atoms with E-state index in [0.717, 1.165) is 4.47 Å². The number of rotatable bonds is 2. The molecule has 2 aromatic rings. The molecule has 1 aromatic heterocycles. The molecule has 0 spiro atoms. The molecule has 5 heteroatoms. The number of carbonyl (C=O) groups excluding carboxylic acids is 1. The summed E-state index contributed by atoms with van der Waals surface area (Å²) < 4.78 is 0.774. The molecule has 0 bridgehead atoms. The molecule has 0 aliphatic heterocycles. The standard InChI is InChI=1S/C12H7BrN2OS/c13-10-4-5-17-11(10)12(16)15-9-3-1-2-8(6-9)7-14/h1-6H,(H,15,16). The van der Waals surface area contributed by atoms with Crippen molar-refractivity contribution in [2.75, 3.05) is 5.32 Å². The first-order chi connectivity index (χ1) is 8.20. The number of hydrogen-bond donors (Lipinski definition) is 1. The van der Waals surface area contributed by atoms with Gasteiger partial charge in [0.05, 0.1) is 11.6 Å². The van der Waals surface area contributed by atoms with Crippen LogP contribution >= 0.6 is 27.3 Å². The average Bonchev–Trinajstić information content (AvgIpc) is 2.76. The number of carbonyl (C=O) groups is 1. The third-order valence-corrected chi connectivity index (χ3v) is 3.91. The number of amides is 1. The summed E-state index contributed by atoms with van der Waals surface area (Å²) in [5, 5.41) is 13.3. The molecule has 0 aliphatic rings. The lowest BCUT2D eigenvalue weighted by Crippen LogP contribution is -2.10. The largest absolute Gasteiger partial charge is 0.321 e. The summed E-state index contributed by atoms with van der Waals surface area (Å²) in [4.78, 5) is 12.5. The normalized spacial score (nSPS) is 9.65. The van der Waals surface area contributed by atoms with Crippen LogP contribution in [-0.2, 0) is 0 Å². The molecule has 0 aliphatic carbocycles. The zero-order valence-electron chi connectivity index (χ0n) is 8.61. The zero-order chi connectivity index (χ0) is 12.3. The molecular formula is C12H7BrN2OS. The van der Waals surface area contributed by atoms with Gasteiger partial charge in [0.2, 0.25) is 0 Å². The quantitative estimate of drug-likeness (QED) is 0.921. The molecule has 0 saturated heterocycles. The van der Waals surface area contributed by atoms with Gasteiger partial charge in [-0.3, -0.25) is 4.79 Å². The maximum Gasteiger partial charge on any atom is 0.266 e. The van der Waals surface area contributed by atoms with Crippen LogP contribution in [0.3, 0.4) is 0 Å². The summed E-state index contributed by atoms with van der Waals surface area (Å²) in [6.45, 7) is 0. The minimum Gasteiger partial charge on any atom is -0.321 e. The van der Waals surface area contributed by atoms with Crippen LogP contribution in [-0.4, -0.2) is 5.91 Å². The molecule has 0 radical (unpaired) electrons. The number of benzene rings is 1.